The van der Waals surface area contributed by atoms with E-state index in [0.717, 1.165) is 29.3 Å². The first kappa shape index (κ1) is 19.2. The van der Waals surface area contributed by atoms with Gasteiger partial charge in [0.1, 0.15) is 0 Å². The van der Waals surface area contributed by atoms with Gasteiger partial charge in [-0.1, -0.05) is 36.4 Å². The molecule has 0 aliphatic carbocycles. The highest BCUT2D eigenvalue weighted by molar-refractivity contribution is 5.98. The number of esters is 1. The largest absolute Gasteiger partial charge is 0.466 e. The van der Waals surface area contributed by atoms with Crippen LogP contribution in [0.3, 0.4) is 0 Å². The molecule has 1 N–H and O–H groups in total. The Kier molecular flexibility index (Phi) is 5.38. The molecule has 5 nitrogen and oxygen atoms in total. The van der Waals surface area contributed by atoms with Crippen molar-refractivity contribution < 1.29 is 14.3 Å². The molecule has 0 unspecified atom stereocenters. The third kappa shape index (κ3) is 3.90. The molecular formula is C24H26N2O3. The number of carbonyl (C=O) groups is 2. The zero-order valence-corrected chi connectivity index (χ0v) is 16.7. The molecule has 2 aromatic carbocycles. The highest BCUT2D eigenvalue weighted by atomic mass is 16.5. The first-order valence-electron chi connectivity index (χ1n) is 10.2. The number of piperidine rings is 1. The number of aromatic nitrogens is 1. The van der Waals surface area contributed by atoms with Gasteiger partial charge >= 0.3 is 5.97 Å². The van der Waals surface area contributed by atoms with Gasteiger partial charge in [-0.2, -0.15) is 0 Å². The van der Waals surface area contributed by atoms with E-state index in [0.29, 0.717) is 31.7 Å². The lowest BCUT2D eigenvalue weighted by Gasteiger charge is -2.41. The van der Waals surface area contributed by atoms with E-state index in [1.807, 2.05) is 72.6 Å². The normalized spacial score (nSPS) is 19.3. The predicted octanol–water partition coefficient (Wildman–Crippen LogP) is 4.20. The smallest absolute Gasteiger partial charge is 0.314 e. The summed E-state index contributed by atoms with van der Waals surface area (Å²) in [5, 5.41) is 1.07. The Labute approximate surface area is 170 Å². The second-order valence-corrected chi connectivity index (χ2v) is 7.77. The molecular weight excluding hydrogens is 364 g/mol. The Morgan fingerprint density at radius 3 is 2.76 bits per heavy atom. The Morgan fingerprint density at radius 2 is 1.97 bits per heavy atom. The van der Waals surface area contributed by atoms with Gasteiger partial charge in [0, 0.05) is 30.4 Å². The molecule has 2 heterocycles. The number of fused-ring (bicyclic) bond motifs is 1. The molecule has 3 aromatic rings. The van der Waals surface area contributed by atoms with E-state index < -0.39 is 5.41 Å². The van der Waals surface area contributed by atoms with Gasteiger partial charge < -0.3 is 14.6 Å². The van der Waals surface area contributed by atoms with E-state index in [2.05, 4.69) is 4.98 Å². The average Bonchev–Trinajstić information content (AvgIpc) is 3.22. The number of hydrogen-bond acceptors (Lipinski definition) is 3. The fourth-order valence-electron chi connectivity index (χ4n) is 4.32. The Balaban J connectivity index is 1.61. The minimum atomic E-state index is -0.707. The maximum atomic E-state index is 13.2. The third-order valence-corrected chi connectivity index (χ3v) is 5.76. The molecule has 1 fully saturated rings. The quantitative estimate of drug-likeness (QED) is 0.664. The first-order valence-corrected chi connectivity index (χ1v) is 10.2. The van der Waals surface area contributed by atoms with Crippen LogP contribution in [0.1, 0.15) is 35.7 Å². The minimum Gasteiger partial charge on any atom is -0.466 e. The van der Waals surface area contributed by atoms with Crippen LogP contribution in [0, 0.1) is 5.41 Å². The lowest BCUT2D eigenvalue weighted by atomic mass is 9.75. The standard InChI is InChI=1S/C24H26N2O3/c1-2-29-23(28)24(16-18-7-4-3-5-8-18)12-6-14-26(17-24)22(27)20-10-9-19-11-13-25-21(19)15-20/h3-5,7-11,13,15,25H,2,6,12,14,16-17H2,1H3/t24-/m1/s1. The summed E-state index contributed by atoms with van der Waals surface area (Å²) in [4.78, 5) is 31.2. The van der Waals surface area contributed by atoms with Crippen molar-refractivity contribution in [3.63, 3.8) is 0 Å². The molecule has 0 spiro atoms. The van der Waals surface area contributed by atoms with Crippen molar-refractivity contribution in [3.8, 4) is 0 Å². The topological polar surface area (TPSA) is 62.4 Å². The van der Waals surface area contributed by atoms with E-state index in [4.69, 9.17) is 4.74 Å². The lowest BCUT2D eigenvalue weighted by molar-refractivity contribution is -0.158. The summed E-state index contributed by atoms with van der Waals surface area (Å²) in [6.07, 6.45) is 3.94. The van der Waals surface area contributed by atoms with E-state index in [1.165, 1.54) is 0 Å². The van der Waals surface area contributed by atoms with Crippen LogP contribution in [0.25, 0.3) is 10.9 Å². The Morgan fingerprint density at radius 1 is 1.14 bits per heavy atom. The van der Waals surface area contributed by atoms with Crippen LogP contribution in [-0.4, -0.2) is 41.5 Å². The maximum Gasteiger partial charge on any atom is 0.314 e. The average molecular weight is 390 g/mol. The number of hydrogen-bond donors (Lipinski definition) is 1. The number of rotatable bonds is 5. The van der Waals surface area contributed by atoms with Crippen molar-refractivity contribution >= 4 is 22.8 Å². The molecule has 4 rings (SSSR count). The van der Waals surface area contributed by atoms with Gasteiger partial charge in [0.25, 0.3) is 5.91 Å². The number of H-pyrrole nitrogens is 1. The number of nitrogens with one attached hydrogen (secondary N) is 1. The van der Waals surface area contributed by atoms with E-state index in [-0.39, 0.29) is 11.9 Å². The first-order chi connectivity index (χ1) is 14.1. The Bertz CT molecular complexity index is 1010. The van der Waals surface area contributed by atoms with Gasteiger partial charge in [0.15, 0.2) is 0 Å². The number of nitrogens with zero attached hydrogens (tertiary/aromatic N) is 1. The number of likely N-dealkylation sites (tertiary alicyclic amines) is 1. The highest BCUT2D eigenvalue weighted by Crippen LogP contribution is 2.36. The summed E-state index contributed by atoms with van der Waals surface area (Å²) in [6, 6.07) is 17.7. The maximum absolute atomic E-state index is 13.2. The summed E-state index contributed by atoms with van der Waals surface area (Å²) in [5.74, 6) is -0.246. The van der Waals surface area contributed by atoms with Gasteiger partial charge in [-0.05, 0) is 55.3 Å². The number of aromatic amines is 1. The van der Waals surface area contributed by atoms with Crippen LogP contribution in [0.4, 0.5) is 0 Å². The highest BCUT2D eigenvalue weighted by Gasteiger charge is 2.44. The van der Waals surface area contributed by atoms with E-state index in [9.17, 15) is 9.59 Å². The number of ether oxygens (including phenoxy) is 1. The second-order valence-electron chi connectivity index (χ2n) is 7.77. The monoisotopic (exact) mass is 390 g/mol. The van der Waals surface area contributed by atoms with Gasteiger partial charge in [0.05, 0.1) is 12.0 Å². The van der Waals surface area contributed by atoms with Crippen molar-refractivity contribution in [2.75, 3.05) is 19.7 Å². The summed E-state index contributed by atoms with van der Waals surface area (Å²) < 4.78 is 5.46. The van der Waals surface area contributed by atoms with Gasteiger partial charge in [0.2, 0.25) is 0 Å². The van der Waals surface area contributed by atoms with Crippen LogP contribution < -0.4 is 0 Å². The zero-order valence-electron chi connectivity index (χ0n) is 16.7. The van der Waals surface area contributed by atoms with Crippen molar-refractivity contribution in [1.29, 1.82) is 0 Å². The SMILES string of the molecule is CCOC(=O)[C@@]1(Cc2ccccc2)CCCN(C(=O)c2ccc3cc[nH]c3c2)C1. The molecule has 5 heteroatoms. The van der Waals surface area contributed by atoms with E-state index in [1.54, 1.807) is 0 Å². The Hall–Kier alpha value is -3.08. The zero-order chi connectivity index (χ0) is 20.3. The lowest BCUT2D eigenvalue weighted by Crippen LogP contribution is -2.51. The third-order valence-electron chi connectivity index (χ3n) is 5.76. The molecule has 1 atom stereocenters. The van der Waals surface area contributed by atoms with Crippen molar-refractivity contribution in [2.45, 2.75) is 26.2 Å². The summed E-state index contributed by atoms with van der Waals surface area (Å²) in [5.41, 5.74) is 1.96. The molecule has 1 aliphatic heterocycles. The number of benzene rings is 2. The molecule has 29 heavy (non-hydrogen) atoms. The molecule has 1 amide bonds. The van der Waals surface area contributed by atoms with Crippen LogP contribution in [-0.2, 0) is 16.0 Å². The summed E-state index contributed by atoms with van der Waals surface area (Å²) >= 11 is 0. The summed E-state index contributed by atoms with van der Waals surface area (Å²) in [6.45, 7) is 3.19. The number of amides is 1. The fraction of sp³-hybridized carbons (Fsp3) is 0.333. The molecule has 0 radical (unpaired) electrons. The van der Waals surface area contributed by atoms with Crippen molar-refractivity contribution in [1.82, 2.24) is 9.88 Å². The van der Waals surface area contributed by atoms with Crippen LogP contribution in [0.15, 0.2) is 60.8 Å². The van der Waals surface area contributed by atoms with Gasteiger partial charge in [-0.25, -0.2) is 0 Å². The second kappa shape index (κ2) is 8.11. The molecule has 1 aromatic heterocycles. The molecule has 0 saturated carbocycles. The predicted molar refractivity (Wildman–Crippen MR) is 113 cm³/mol. The number of carbonyl (C=O) groups excluding carboxylic acids is 2. The fourth-order valence-corrected chi connectivity index (χ4v) is 4.32. The minimum absolute atomic E-state index is 0.0389. The molecule has 0 bridgehead atoms. The van der Waals surface area contributed by atoms with Crippen molar-refractivity contribution in [3.05, 3.63) is 71.9 Å². The van der Waals surface area contributed by atoms with E-state index >= 15 is 0 Å². The van der Waals surface area contributed by atoms with Crippen molar-refractivity contribution in [2.24, 2.45) is 5.41 Å². The van der Waals surface area contributed by atoms with Gasteiger partial charge in [-0.15, -0.1) is 0 Å². The molecule has 1 saturated heterocycles. The van der Waals surface area contributed by atoms with Crippen LogP contribution in [0.2, 0.25) is 0 Å². The van der Waals surface area contributed by atoms with Gasteiger partial charge in [-0.3, -0.25) is 9.59 Å². The van der Waals surface area contributed by atoms with Crippen LogP contribution in [0.5, 0.6) is 0 Å². The molecule has 150 valence electrons. The summed E-state index contributed by atoms with van der Waals surface area (Å²) in [7, 11) is 0. The molecule has 1 aliphatic rings. The van der Waals surface area contributed by atoms with Crippen LogP contribution >= 0.6 is 0 Å².